The molecule has 0 N–H and O–H groups in total. The minimum absolute atomic E-state index is 0.113. The van der Waals surface area contributed by atoms with E-state index in [1.165, 1.54) is 5.39 Å². The van der Waals surface area contributed by atoms with Gasteiger partial charge in [0.05, 0.1) is 24.4 Å². The van der Waals surface area contributed by atoms with Gasteiger partial charge in [-0.1, -0.05) is 37.3 Å². The number of hydrogen-bond acceptors (Lipinski definition) is 4. The van der Waals surface area contributed by atoms with Gasteiger partial charge in [-0.05, 0) is 29.7 Å². The summed E-state index contributed by atoms with van der Waals surface area (Å²) in [5.74, 6) is 1.04. The summed E-state index contributed by atoms with van der Waals surface area (Å²) in [6.45, 7) is 2.76. The Bertz CT molecular complexity index is 950. The van der Waals surface area contributed by atoms with Crippen LogP contribution in [-0.2, 0) is 4.79 Å². The number of amides is 1. The first kappa shape index (κ1) is 17.0. The summed E-state index contributed by atoms with van der Waals surface area (Å²) in [6.07, 6.45) is 2.58. The number of carbonyl (C=O) groups excluding carboxylic acids is 1. The zero-order valence-corrected chi connectivity index (χ0v) is 15.9. The van der Waals surface area contributed by atoms with Gasteiger partial charge in [-0.25, -0.2) is 4.98 Å². The van der Waals surface area contributed by atoms with Crippen molar-refractivity contribution in [1.82, 2.24) is 9.88 Å². The van der Waals surface area contributed by atoms with Crippen LogP contribution in [0.15, 0.2) is 41.8 Å². The second-order valence-electron chi connectivity index (χ2n) is 6.53. The second-order valence-corrected chi connectivity index (χ2v) is 7.42. The lowest BCUT2D eigenvalue weighted by molar-refractivity contribution is -0.131. The fraction of sp³-hybridized carbons (Fsp3) is 0.333. The van der Waals surface area contributed by atoms with Crippen molar-refractivity contribution in [3.05, 3.63) is 46.8 Å². The molecule has 0 unspecified atom stereocenters. The van der Waals surface area contributed by atoms with Gasteiger partial charge in [0.25, 0.3) is 0 Å². The molecule has 0 bridgehead atoms. The fourth-order valence-electron chi connectivity index (χ4n) is 3.77. The van der Waals surface area contributed by atoms with Crippen LogP contribution in [0.3, 0.4) is 0 Å². The maximum absolute atomic E-state index is 12.2. The number of aromatic nitrogens is 1. The van der Waals surface area contributed by atoms with E-state index in [1.54, 1.807) is 18.4 Å². The molecular formula is C21H22N2O2S. The Morgan fingerprint density at radius 1 is 1.31 bits per heavy atom. The molecule has 2 aromatic carbocycles. The van der Waals surface area contributed by atoms with Gasteiger partial charge in [0.15, 0.2) is 0 Å². The predicted molar refractivity (Wildman–Crippen MR) is 106 cm³/mol. The number of likely N-dealkylation sites (tertiary alicyclic amines) is 1. The molecule has 1 aliphatic rings. The lowest BCUT2D eigenvalue weighted by Crippen LogP contribution is -2.29. The molecule has 0 radical (unpaired) electrons. The van der Waals surface area contributed by atoms with Crippen molar-refractivity contribution in [3.63, 3.8) is 0 Å². The highest BCUT2D eigenvalue weighted by atomic mass is 32.1. The number of benzene rings is 2. The number of rotatable bonds is 4. The first-order valence-electron chi connectivity index (χ1n) is 9.04. The van der Waals surface area contributed by atoms with E-state index in [0.29, 0.717) is 6.42 Å². The monoisotopic (exact) mass is 366 g/mol. The molecule has 1 atom stereocenters. The van der Waals surface area contributed by atoms with Crippen molar-refractivity contribution in [1.29, 1.82) is 0 Å². The fourth-order valence-corrected chi connectivity index (χ4v) is 4.72. The number of ether oxygens (including phenoxy) is 1. The summed E-state index contributed by atoms with van der Waals surface area (Å²) >= 11 is 1.64. The van der Waals surface area contributed by atoms with Gasteiger partial charge in [-0.3, -0.25) is 4.79 Å². The molecule has 1 aromatic heterocycles. The molecule has 3 aromatic rings. The third-order valence-electron chi connectivity index (χ3n) is 5.05. The third-order valence-corrected chi connectivity index (χ3v) is 6.00. The molecule has 4 nitrogen and oxygen atoms in total. The number of thiazole rings is 1. The first-order chi connectivity index (χ1) is 12.7. The van der Waals surface area contributed by atoms with Gasteiger partial charge in [0.1, 0.15) is 10.8 Å². The molecule has 1 fully saturated rings. The van der Waals surface area contributed by atoms with Gasteiger partial charge in [0, 0.05) is 18.3 Å². The summed E-state index contributed by atoms with van der Waals surface area (Å²) in [6, 6.07) is 12.5. The molecule has 1 amide bonds. The Labute approximate surface area is 157 Å². The summed E-state index contributed by atoms with van der Waals surface area (Å²) < 4.78 is 5.62. The zero-order chi connectivity index (χ0) is 18.1. The van der Waals surface area contributed by atoms with E-state index >= 15 is 0 Å². The molecule has 0 saturated carbocycles. The van der Waals surface area contributed by atoms with Crippen LogP contribution in [0.5, 0.6) is 5.75 Å². The highest BCUT2D eigenvalue weighted by molar-refractivity contribution is 7.10. The molecular weight excluding hydrogens is 344 g/mol. The standard InChI is InChI=1S/C21H22N2O2S/c1-3-19(24)23-12-6-9-17(23)21-22-16(13-26-21)20-15-8-5-4-7-14(15)10-11-18(20)25-2/h4-5,7-8,10-11,13,17H,3,6,9,12H2,1-2H3/t17-/m0/s1. The minimum Gasteiger partial charge on any atom is -0.496 e. The van der Waals surface area contributed by atoms with Crippen LogP contribution in [0.2, 0.25) is 0 Å². The number of nitrogens with zero attached hydrogens (tertiary/aromatic N) is 2. The van der Waals surface area contributed by atoms with Gasteiger partial charge in [-0.15, -0.1) is 11.3 Å². The largest absolute Gasteiger partial charge is 0.496 e. The van der Waals surface area contributed by atoms with Gasteiger partial charge in [-0.2, -0.15) is 0 Å². The Morgan fingerprint density at radius 2 is 2.15 bits per heavy atom. The van der Waals surface area contributed by atoms with E-state index < -0.39 is 0 Å². The summed E-state index contributed by atoms with van der Waals surface area (Å²) in [5, 5.41) is 5.42. The van der Waals surface area contributed by atoms with E-state index in [2.05, 4.69) is 23.6 Å². The lowest BCUT2D eigenvalue weighted by Gasteiger charge is -2.22. The van der Waals surface area contributed by atoms with Gasteiger partial charge >= 0.3 is 0 Å². The molecule has 0 spiro atoms. The molecule has 1 saturated heterocycles. The zero-order valence-electron chi connectivity index (χ0n) is 15.1. The average Bonchev–Trinajstić information content (AvgIpc) is 3.35. The quantitative estimate of drug-likeness (QED) is 0.649. The SMILES string of the molecule is CCC(=O)N1CCC[C@H]1c1nc(-c2c(OC)ccc3ccccc23)cs1. The minimum atomic E-state index is 0.113. The van der Waals surface area contributed by atoms with E-state index in [0.717, 1.165) is 46.8 Å². The number of fused-ring (bicyclic) bond motifs is 1. The summed E-state index contributed by atoms with van der Waals surface area (Å²) in [7, 11) is 1.69. The van der Waals surface area contributed by atoms with Crippen LogP contribution in [0.1, 0.15) is 37.2 Å². The normalized spacial score (nSPS) is 17.0. The van der Waals surface area contributed by atoms with Crippen molar-refractivity contribution < 1.29 is 9.53 Å². The van der Waals surface area contributed by atoms with E-state index in [1.807, 2.05) is 30.0 Å². The van der Waals surface area contributed by atoms with Crippen molar-refractivity contribution in [3.8, 4) is 17.0 Å². The van der Waals surface area contributed by atoms with E-state index in [-0.39, 0.29) is 11.9 Å². The molecule has 5 heteroatoms. The molecule has 0 aliphatic carbocycles. The Hall–Kier alpha value is -2.40. The molecule has 26 heavy (non-hydrogen) atoms. The van der Waals surface area contributed by atoms with E-state index in [9.17, 15) is 4.79 Å². The van der Waals surface area contributed by atoms with Gasteiger partial charge < -0.3 is 9.64 Å². The molecule has 134 valence electrons. The third kappa shape index (κ3) is 2.86. The van der Waals surface area contributed by atoms with Crippen LogP contribution in [0.4, 0.5) is 0 Å². The van der Waals surface area contributed by atoms with Crippen LogP contribution >= 0.6 is 11.3 Å². The van der Waals surface area contributed by atoms with Crippen LogP contribution in [-0.4, -0.2) is 29.4 Å². The number of methoxy groups -OCH3 is 1. The molecule has 4 rings (SSSR count). The van der Waals surface area contributed by atoms with Gasteiger partial charge in [0.2, 0.25) is 5.91 Å². The summed E-state index contributed by atoms with van der Waals surface area (Å²) in [4.78, 5) is 19.2. The maximum atomic E-state index is 12.2. The second kappa shape index (κ2) is 7.08. The van der Waals surface area contributed by atoms with Crippen molar-refractivity contribution in [2.24, 2.45) is 0 Å². The highest BCUT2D eigenvalue weighted by Crippen LogP contribution is 2.40. The molecule has 1 aliphatic heterocycles. The van der Waals surface area contributed by atoms with Crippen molar-refractivity contribution in [2.75, 3.05) is 13.7 Å². The topological polar surface area (TPSA) is 42.4 Å². The summed E-state index contributed by atoms with van der Waals surface area (Å²) in [5.41, 5.74) is 1.95. The van der Waals surface area contributed by atoms with Crippen molar-refractivity contribution in [2.45, 2.75) is 32.2 Å². The predicted octanol–water partition coefficient (Wildman–Crippen LogP) is 5.05. The Morgan fingerprint density at radius 3 is 2.96 bits per heavy atom. The Kier molecular flexibility index (Phi) is 4.64. The van der Waals surface area contributed by atoms with Crippen LogP contribution in [0.25, 0.3) is 22.0 Å². The highest BCUT2D eigenvalue weighted by Gasteiger charge is 2.31. The van der Waals surface area contributed by atoms with E-state index in [4.69, 9.17) is 9.72 Å². The number of carbonyl (C=O) groups is 1. The lowest BCUT2D eigenvalue weighted by atomic mass is 10.0. The first-order valence-corrected chi connectivity index (χ1v) is 9.92. The average molecular weight is 366 g/mol. The maximum Gasteiger partial charge on any atom is 0.222 e. The smallest absolute Gasteiger partial charge is 0.222 e. The number of hydrogen-bond donors (Lipinski definition) is 0. The van der Waals surface area contributed by atoms with Crippen LogP contribution in [0, 0.1) is 0 Å². The van der Waals surface area contributed by atoms with Crippen LogP contribution < -0.4 is 4.74 Å². The molecule has 2 heterocycles. The Balaban J connectivity index is 1.77. The van der Waals surface area contributed by atoms with Crippen molar-refractivity contribution >= 4 is 28.0 Å².